The quantitative estimate of drug-likeness (QED) is 0.120. The molecular formula is C38H16N4O4. The standard InChI is InChI=1S/C38H16N4O4/c39-17-19-1-5-21(6-2-19)41-35(43)27-13-9-23-25-11-15-29-34-30(38(46)42(37(29)45)22-7-3-20(18-40)4-8-22)16-12-26(32(25)34)24-10-14-28(36(41)44)33(27)31(23)24/h1-16H. The van der Waals surface area contributed by atoms with E-state index in [9.17, 15) is 29.7 Å². The lowest BCUT2D eigenvalue weighted by Gasteiger charge is -2.30. The fraction of sp³-hybridized carbons (Fsp3) is 0. The molecule has 0 aliphatic carbocycles. The predicted molar refractivity (Wildman–Crippen MR) is 172 cm³/mol. The van der Waals surface area contributed by atoms with Gasteiger partial charge in [-0.1, -0.05) is 24.3 Å². The number of anilines is 2. The number of carbonyl (C=O) groups excluding carboxylic acids is 4. The Morgan fingerprint density at radius 3 is 0.913 bits per heavy atom. The molecule has 0 spiro atoms. The predicted octanol–water partition coefficient (Wildman–Crippen LogP) is 7.08. The molecule has 0 unspecified atom stereocenters. The molecule has 0 saturated carbocycles. The minimum Gasteiger partial charge on any atom is -0.268 e. The second-order valence-corrected chi connectivity index (χ2v) is 11.4. The third kappa shape index (κ3) is 3.09. The lowest BCUT2D eigenvalue weighted by atomic mass is 9.82. The highest BCUT2D eigenvalue weighted by atomic mass is 16.2. The summed E-state index contributed by atoms with van der Waals surface area (Å²) in [6, 6.07) is 31.0. The Morgan fingerprint density at radius 1 is 0.370 bits per heavy atom. The molecule has 8 heteroatoms. The van der Waals surface area contributed by atoms with Crippen LogP contribution in [-0.4, -0.2) is 23.6 Å². The van der Waals surface area contributed by atoms with Crippen molar-refractivity contribution in [1.29, 1.82) is 10.5 Å². The fourth-order valence-electron chi connectivity index (χ4n) is 7.11. The lowest BCUT2D eigenvalue weighted by molar-refractivity contribution is 0.0877. The zero-order chi connectivity index (χ0) is 31.4. The Balaban J connectivity index is 1.28. The number of carbonyl (C=O) groups is 4. The first kappa shape index (κ1) is 25.6. The molecule has 0 atom stereocenters. The van der Waals surface area contributed by atoms with Crippen molar-refractivity contribution in [2.24, 2.45) is 0 Å². The number of rotatable bonds is 2. The van der Waals surface area contributed by atoms with Crippen LogP contribution in [0.15, 0.2) is 97.1 Å². The van der Waals surface area contributed by atoms with E-state index in [4.69, 9.17) is 0 Å². The van der Waals surface area contributed by atoms with E-state index in [1.807, 2.05) is 36.4 Å². The first-order valence-electron chi connectivity index (χ1n) is 14.4. The maximum absolute atomic E-state index is 13.9. The highest BCUT2D eigenvalue weighted by molar-refractivity contribution is 6.45. The van der Waals surface area contributed by atoms with Gasteiger partial charge in [0.1, 0.15) is 0 Å². The molecule has 2 aliphatic heterocycles. The first-order valence-corrected chi connectivity index (χ1v) is 14.4. The molecule has 0 radical (unpaired) electrons. The molecule has 9 rings (SSSR count). The van der Waals surface area contributed by atoms with E-state index in [1.54, 1.807) is 72.8 Å². The summed E-state index contributed by atoms with van der Waals surface area (Å²) < 4.78 is 0. The Kier molecular flexibility index (Phi) is 4.91. The number of fused-ring (bicyclic) bond motifs is 2. The molecular weight excluding hydrogens is 576 g/mol. The van der Waals surface area contributed by atoms with E-state index in [0.29, 0.717) is 55.5 Å². The summed E-state index contributed by atoms with van der Waals surface area (Å²) in [6.45, 7) is 0. The van der Waals surface area contributed by atoms with Crippen LogP contribution in [0.4, 0.5) is 11.4 Å². The highest BCUT2D eigenvalue weighted by Gasteiger charge is 2.37. The van der Waals surface area contributed by atoms with E-state index in [0.717, 1.165) is 42.1 Å². The van der Waals surface area contributed by atoms with Crippen LogP contribution in [-0.2, 0) is 0 Å². The van der Waals surface area contributed by atoms with E-state index < -0.39 is 23.6 Å². The van der Waals surface area contributed by atoms with Crippen molar-refractivity contribution in [2.75, 3.05) is 9.80 Å². The molecule has 7 aromatic carbocycles. The molecule has 2 aliphatic rings. The van der Waals surface area contributed by atoms with Gasteiger partial charge >= 0.3 is 0 Å². The third-order valence-electron chi connectivity index (χ3n) is 9.14. The maximum Gasteiger partial charge on any atom is 0.265 e. The minimum atomic E-state index is -0.457. The van der Waals surface area contributed by atoms with Crippen LogP contribution >= 0.6 is 0 Å². The molecule has 2 heterocycles. The van der Waals surface area contributed by atoms with Crippen LogP contribution in [0.3, 0.4) is 0 Å². The summed E-state index contributed by atoms with van der Waals surface area (Å²) in [5.41, 5.74) is 3.14. The van der Waals surface area contributed by atoms with Crippen LogP contribution < -0.4 is 9.80 Å². The number of hydrogen-bond donors (Lipinski definition) is 0. The fourth-order valence-corrected chi connectivity index (χ4v) is 7.11. The Hall–Kier alpha value is -6.90. The monoisotopic (exact) mass is 592 g/mol. The van der Waals surface area contributed by atoms with Gasteiger partial charge in [-0.3, -0.25) is 19.2 Å². The van der Waals surface area contributed by atoms with Gasteiger partial charge in [-0.05, 0) is 105 Å². The van der Waals surface area contributed by atoms with Gasteiger partial charge in [0.25, 0.3) is 23.6 Å². The van der Waals surface area contributed by atoms with Gasteiger partial charge in [-0.25, -0.2) is 9.80 Å². The summed E-state index contributed by atoms with van der Waals surface area (Å²) in [6.07, 6.45) is 0. The average molecular weight is 593 g/mol. The molecule has 46 heavy (non-hydrogen) atoms. The molecule has 0 fully saturated rings. The SMILES string of the molecule is N#Cc1ccc(N2C(=O)c3ccc4c5ccc6c7c(ccc(c8ccc(c3c48)C2=O)c75)C(=O)N(c2ccc(C#N)cc2)C6=O)cc1. The molecule has 7 aromatic rings. The van der Waals surface area contributed by atoms with Gasteiger partial charge in [0.2, 0.25) is 0 Å². The molecule has 0 saturated heterocycles. The number of nitrogens with zero attached hydrogens (tertiary/aromatic N) is 4. The van der Waals surface area contributed by atoms with Crippen LogP contribution in [0, 0.1) is 22.7 Å². The Bertz CT molecular complexity index is 2370. The number of nitriles is 2. The van der Waals surface area contributed by atoms with E-state index >= 15 is 0 Å². The normalized spacial score (nSPS) is 14.1. The zero-order valence-corrected chi connectivity index (χ0v) is 23.7. The van der Waals surface area contributed by atoms with Gasteiger partial charge in [0.15, 0.2) is 0 Å². The number of hydrogen-bond acceptors (Lipinski definition) is 6. The van der Waals surface area contributed by atoms with Crippen molar-refractivity contribution in [3.8, 4) is 12.1 Å². The summed E-state index contributed by atoms with van der Waals surface area (Å²) in [4.78, 5) is 57.8. The van der Waals surface area contributed by atoms with Crippen molar-refractivity contribution in [2.45, 2.75) is 0 Å². The second-order valence-electron chi connectivity index (χ2n) is 11.4. The molecule has 0 bridgehead atoms. The maximum atomic E-state index is 13.9. The molecule has 212 valence electrons. The van der Waals surface area contributed by atoms with Crippen molar-refractivity contribution in [3.05, 3.63) is 130 Å². The van der Waals surface area contributed by atoms with Gasteiger partial charge in [0, 0.05) is 33.0 Å². The topological polar surface area (TPSA) is 122 Å². The Morgan fingerprint density at radius 2 is 0.652 bits per heavy atom. The molecule has 0 N–H and O–H groups in total. The summed E-state index contributed by atoms with van der Waals surface area (Å²) in [5, 5.41) is 24.2. The summed E-state index contributed by atoms with van der Waals surface area (Å²) in [7, 11) is 0. The van der Waals surface area contributed by atoms with Gasteiger partial charge in [-0.15, -0.1) is 0 Å². The van der Waals surface area contributed by atoms with Gasteiger partial charge in [0.05, 0.1) is 34.6 Å². The number of imide groups is 2. The zero-order valence-electron chi connectivity index (χ0n) is 23.7. The third-order valence-corrected chi connectivity index (χ3v) is 9.14. The lowest BCUT2D eigenvalue weighted by Crippen LogP contribution is -2.40. The van der Waals surface area contributed by atoms with Crippen LogP contribution in [0.25, 0.3) is 43.1 Å². The first-order chi connectivity index (χ1) is 22.4. The van der Waals surface area contributed by atoms with Crippen molar-refractivity contribution < 1.29 is 19.2 Å². The second kappa shape index (κ2) is 8.82. The largest absolute Gasteiger partial charge is 0.268 e. The molecule has 0 aromatic heterocycles. The van der Waals surface area contributed by atoms with E-state index in [1.165, 1.54) is 0 Å². The van der Waals surface area contributed by atoms with E-state index in [2.05, 4.69) is 0 Å². The number of amides is 4. The van der Waals surface area contributed by atoms with Crippen LogP contribution in [0.1, 0.15) is 52.6 Å². The van der Waals surface area contributed by atoms with Gasteiger partial charge < -0.3 is 0 Å². The van der Waals surface area contributed by atoms with Crippen molar-refractivity contribution >= 4 is 78.1 Å². The van der Waals surface area contributed by atoms with Gasteiger partial charge in [-0.2, -0.15) is 10.5 Å². The Labute approximate surface area is 259 Å². The summed E-state index contributed by atoms with van der Waals surface area (Å²) in [5.74, 6) is -1.83. The molecule has 8 nitrogen and oxygen atoms in total. The molecule has 4 amide bonds. The average Bonchev–Trinajstić information content (AvgIpc) is 3.09. The van der Waals surface area contributed by atoms with Crippen LogP contribution in [0.2, 0.25) is 0 Å². The van der Waals surface area contributed by atoms with Crippen molar-refractivity contribution in [1.82, 2.24) is 0 Å². The highest BCUT2D eigenvalue weighted by Crippen LogP contribution is 2.47. The smallest absolute Gasteiger partial charge is 0.265 e. The summed E-state index contributed by atoms with van der Waals surface area (Å²) >= 11 is 0. The van der Waals surface area contributed by atoms with Crippen molar-refractivity contribution in [3.63, 3.8) is 0 Å². The van der Waals surface area contributed by atoms with Crippen LogP contribution in [0.5, 0.6) is 0 Å². The van der Waals surface area contributed by atoms with E-state index in [-0.39, 0.29) is 0 Å². The number of benzene rings is 7. The minimum absolute atomic E-state index is 0.377.